The third-order valence-electron chi connectivity index (χ3n) is 5.83. The number of hydrogen-bond acceptors (Lipinski definition) is 5. The third-order valence-corrected chi connectivity index (χ3v) is 5.83. The Kier molecular flexibility index (Phi) is 6.79. The lowest BCUT2D eigenvalue weighted by Crippen LogP contribution is -2.31. The SMILES string of the molecule is CN(CC[C@@H]1CCCCO1)C(=O)CCc1nnc(CCc2c[nH]c3ccccc23)o1. The number of aryl methyl sites for hydroxylation is 3. The van der Waals surface area contributed by atoms with Gasteiger partial charge in [-0.3, -0.25) is 4.79 Å². The Morgan fingerprint density at radius 1 is 1.17 bits per heavy atom. The van der Waals surface area contributed by atoms with Crippen molar-refractivity contribution in [3.8, 4) is 0 Å². The van der Waals surface area contributed by atoms with Gasteiger partial charge in [-0.2, -0.15) is 0 Å². The topological polar surface area (TPSA) is 84.2 Å². The zero-order valence-corrected chi connectivity index (χ0v) is 17.6. The first-order valence-electron chi connectivity index (χ1n) is 10.9. The van der Waals surface area contributed by atoms with Crippen LogP contribution in [0.3, 0.4) is 0 Å². The summed E-state index contributed by atoms with van der Waals surface area (Å²) in [6, 6.07) is 8.25. The molecule has 0 aliphatic carbocycles. The quantitative estimate of drug-likeness (QED) is 0.582. The zero-order chi connectivity index (χ0) is 20.8. The van der Waals surface area contributed by atoms with Gasteiger partial charge in [0.05, 0.1) is 6.10 Å². The van der Waals surface area contributed by atoms with E-state index in [4.69, 9.17) is 9.15 Å². The molecule has 7 nitrogen and oxygen atoms in total. The molecule has 3 aromatic rings. The smallest absolute Gasteiger partial charge is 0.222 e. The molecule has 7 heteroatoms. The first-order valence-corrected chi connectivity index (χ1v) is 10.9. The van der Waals surface area contributed by atoms with Crippen molar-refractivity contribution in [2.24, 2.45) is 0 Å². The number of carbonyl (C=O) groups is 1. The monoisotopic (exact) mass is 410 g/mol. The predicted octanol–water partition coefficient (Wildman–Crippen LogP) is 3.69. The summed E-state index contributed by atoms with van der Waals surface area (Å²) in [4.78, 5) is 17.5. The highest BCUT2D eigenvalue weighted by Crippen LogP contribution is 2.19. The van der Waals surface area contributed by atoms with Crippen molar-refractivity contribution in [1.29, 1.82) is 0 Å². The molecule has 1 amide bonds. The lowest BCUT2D eigenvalue weighted by Gasteiger charge is -2.25. The fourth-order valence-corrected chi connectivity index (χ4v) is 3.97. The molecule has 0 saturated carbocycles. The molecule has 2 aromatic heterocycles. The largest absolute Gasteiger partial charge is 0.425 e. The van der Waals surface area contributed by atoms with Gasteiger partial charge in [-0.05, 0) is 43.7 Å². The molecule has 0 spiro atoms. The molecule has 4 rings (SSSR count). The molecule has 0 bridgehead atoms. The average molecular weight is 411 g/mol. The van der Waals surface area contributed by atoms with Gasteiger partial charge in [0.1, 0.15) is 0 Å². The van der Waals surface area contributed by atoms with E-state index in [2.05, 4.69) is 27.3 Å². The summed E-state index contributed by atoms with van der Waals surface area (Å²) in [5, 5.41) is 9.49. The lowest BCUT2D eigenvalue weighted by atomic mass is 10.1. The molecular formula is C23H30N4O3. The van der Waals surface area contributed by atoms with E-state index in [1.807, 2.05) is 25.4 Å². The van der Waals surface area contributed by atoms with Crippen LogP contribution in [0.15, 0.2) is 34.9 Å². The summed E-state index contributed by atoms with van der Waals surface area (Å²) in [5.74, 6) is 1.25. The number of rotatable bonds is 9. The van der Waals surface area contributed by atoms with E-state index < -0.39 is 0 Å². The molecule has 1 aliphatic heterocycles. The van der Waals surface area contributed by atoms with Crippen LogP contribution in [0, 0.1) is 0 Å². The number of nitrogens with one attached hydrogen (secondary N) is 1. The van der Waals surface area contributed by atoms with Crippen molar-refractivity contribution in [2.75, 3.05) is 20.2 Å². The summed E-state index contributed by atoms with van der Waals surface area (Å²) in [5.41, 5.74) is 2.38. The number of para-hydroxylation sites is 1. The fourth-order valence-electron chi connectivity index (χ4n) is 3.97. The van der Waals surface area contributed by atoms with Gasteiger partial charge < -0.3 is 19.0 Å². The number of fused-ring (bicyclic) bond motifs is 1. The number of carbonyl (C=O) groups excluding carboxylic acids is 1. The fraction of sp³-hybridized carbons (Fsp3) is 0.522. The van der Waals surface area contributed by atoms with Crippen LogP contribution in [0.2, 0.25) is 0 Å². The molecule has 3 heterocycles. The van der Waals surface area contributed by atoms with Gasteiger partial charge in [0.25, 0.3) is 0 Å². The molecule has 1 atom stereocenters. The van der Waals surface area contributed by atoms with Crippen molar-refractivity contribution in [3.63, 3.8) is 0 Å². The third kappa shape index (κ3) is 5.27. The molecular weight excluding hydrogens is 380 g/mol. The molecule has 0 unspecified atom stereocenters. The Morgan fingerprint density at radius 3 is 2.83 bits per heavy atom. The Hall–Kier alpha value is -2.67. The zero-order valence-electron chi connectivity index (χ0n) is 17.6. The molecule has 30 heavy (non-hydrogen) atoms. The molecule has 1 fully saturated rings. The number of hydrogen-bond donors (Lipinski definition) is 1. The Labute approximate surface area is 176 Å². The van der Waals surface area contributed by atoms with E-state index in [0.29, 0.717) is 37.1 Å². The Morgan fingerprint density at radius 2 is 2.00 bits per heavy atom. The molecule has 1 saturated heterocycles. The highest BCUT2D eigenvalue weighted by Gasteiger charge is 2.17. The second-order valence-electron chi connectivity index (χ2n) is 8.04. The van der Waals surface area contributed by atoms with E-state index in [-0.39, 0.29) is 5.91 Å². The van der Waals surface area contributed by atoms with Crippen molar-refractivity contribution >= 4 is 16.8 Å². The average Bonchev–Trinajstić information content (AvgIpc) is 3.42. The second-order valence-corrected chi connectivity index (χ2v) is 8.04. The normalized spacial score (nSPS) is 16.8. The van der Waals surface area contributed by atoms with Crippen LogP contribution in [0.25, 0.3) is 10.9 Å². The Balaban J connectivity index is 1.20. The summed E-state index contributed by atoms with van der Waals surface area (Å²) in [7, 11) is 1.85. The van der Waals surface area contributed by atoms with E-state index in [1.54, 1.807) is 4.90 Å². The molecule has 160 valence electrons. The minimum Gasteiger partial charge on any atom is -0.425 e. The van der Waals surface area contributed by atoms with Crippen molar-refractivity contribution in [3.05, 3.63) is 47.8 Å². The van der Waals surface area contributed by atoms with Gasteiger partial charge in [-0.1, -0.05) is 18.2 Å². The lowest BCUT2D eigenvalue weighted by molar-refractivity contribution is -0.130. The minimum absolute atomic E-state index is 0.101. The predicted molar refractivity (Wildman–Crippen MR) is 114 cm³/mol. The highest BCUT2D eigenvalue weighted by molar-refractivity contribution is 5.83. The summed E-state index contributed by atoms with van der Waals surface area (Å²) in [6.45, 7) is 1.57. The summed E-state index contributed by atoms with van der Waals surface area (Å²) >= 11 is 0. The number of H-pyrrole nitrogens is 1. The highest BCUT2D eigenvalue weighted by atomic mass is 16.5. The maximum atomic E-state index is 12.4. The second kappa shape index (κ2) is 9.89. The van der Waals surface area contributed by atoms with E-state index in [1.165, 1.54) is 17.4 Å². The maximum Gasteiger partial charge on any atom is 0.222 e. The number of nitrogens with zero attached hydrogens (tertiary/aromatic N) is 3. The van der Waals surface area contributed by atoms with Crippen LogP contribution in [0.5, 0.6) is 0 Å². The van der Waals surface area contributed by atoms with Crippen LogP contribution in [-0.4, -0.2) is 52.3 Å². The Bertz CT molecular complexity index is 958. The van der Waals surface area contributed by atoms with Gasteiger partial charge in [-0.25, -0.2) is 0 Å². The van der Waals surface area contributed by atoms with Crippen molar-refractivity contribution in [2.45, 2.75) is 57.5 Å². The molecule has 0 radical (unpaired) electrons. The van der Waals surface area contributed by atoms with Crippen molar-refractivity contribution in [1.82, 2.24) is 20.1 Å². The molecule has 1 aromatic carbocycles. The van der Waals surface area contributed by atoms with Crippen LogP contribution in [-0.2, 0) is 28.8 Å². The number of aromatic amines is 1. The number of aromatic nitrogens is 3. The maximum absolute atomic E-state index is 12.4. The van der Waals surface area contributed by atoms with Gasteiger partial charge >= 0.3 is 0 Å². The molecule has 1 aliphatic rings. The van der Waals surface area contributed by atoms with Crippen LogP contribution < -0.4 is 0 Å². The summed E-state index contributed by atoms with van der Waals surface area (Å²) < 4.78 is 11.5. The van der Waals surface area contributed by atoms with Gasteiger partial charge in [0.2, 0.25) is 17.7 Å². The number of benzene rings is 1. The first-order chi connectivity index (χ1) is 14.7. The van der Waals surface area contributed by atoms with Crippen LogP contribution in [0.1, 0.15) is 49.4 Å². The first kappa shape index (κ1) is 20.6. The van der Waals surface area contributed by atoms with E-state index in [0.717, 1.165) is 44.4 Å². The van der Waals surface area contributed by atoms with Gasteiger partial charge in [0.15, 0.2) is 0 Å². The summed E-state index contributed by atoms with van der Waals surface area (Å²) in [6.07, 6.45) is 9.09. The standard InChI is InChI=1S/C23H30N4O3/c1-27(14-13-18-6-4-5-15-29-18)23(28)12-11-22-26-25-21(30-22)10-9-17-16-24-20-8-3-2-7-19(17)20/h2-3,7-8,16,18,24H,4-6,9-15H2,1H3/t18-/m0/s1. The van der Waals surface area contributed by atoms with E-state index in [9.17, 15) is 4.79 Å². The number of ether oxygens (including phenoxy) is 1. The van der Waals surface area contributed by atoms with Gasteiger partial charge in [-0.15, -0.1) is 10.2 Å². The van der Waals surface area contributed by atoms with Crippen molar-refractivity contribution < 1.29 is 13.9 Å². The number of amides is 1. The molecule has 1 N–H and O–H groups in total. The van der Waals surface area contributed by atoms with Crippen LogP contribution >= 0.6 is 0 Å². The van der Waals surface area contributed by atoms with Gasteiger partial charge in [0, 0.05) is 56.6 Å². The minimum atomic E-state index is 0.101. The van der Waals surface area contributed by atoms with Crippen LogP contribution in [0.4, 0.5) is 0 Å². The van der Waals surface area contributed by atoms with E-state index >= 15 is 0 Å².